The van der Waals surface area contributed by atoms with Crippen molar-refractivity contribution >= 4 is 27.8 Å². The molecule has 0 amide bonds. The van der Waals surface area contributed by atoms with Crippen molar-refractivity contribution in [2.24, 2.45) is 23.2 Å². The summed E-state index contributed by atoms with van der Waals surface area (Å²) in [6.45, 7) is 3.64. The maximum atomic E-state index is 15.1. The molecule has 4 saturated carbocycles. The summed E-state index contributed by atoms with van der Waals surface area (Å²) < 4.78 is 112. The monoisotopic (exact) mass is 624 g/mol. The largest absolute Gasteiger partial charge is 0.458 e. The summed E-state index contributed by atoms with van der Waals surface area (Å²) in [5.41, 5.74) is -3.77. The molecule has 0 aromatic heterocycles. The molecule has 5 rings (SSSR count). The third-order valence-corrected chi connectivity index (χ3v) is 10.0. The van der Waals surface area contributed by atoms with Gasteiger partial charge in [0.15, 0.2) is 5.78 Å². The summed E-state index contributed by atoms with van der Waals surface area (Å²) in [7, 11) is -6.45. The van der Waals surface area contributed by atoms with Crippen LogP contribution in [0.2, 0.25) is 0 Å². The van der Waals surface area contributed by atoms with E-state index in [1.54, 1.807) is 20.8 Å². The lowest BCUT2D eigenvalue weighted by Crippen LogP contribution is -2.63. The van der Waals surface area contributed by atoms with Crippen LogP contribution in [0.5, 0.6) is 0 Å². The first-order valence-electron chi connectivity index (χ1n) is 13.6. The predicted molar refractivity (Wildman–Crippen MR) is 137 cm³/mol. The minimum absolute atomic E-state index is 0.0662. The van der Waals surface area contributed by atoms with Gasteiger partial charge in [-0.3, -0.25) is 18.6 Å². The zero-order valence-corrected chi connectivity index (χ0v) is 24.2. The van der Waals surface area contributed by atoms with Crippen LogP contribution in [0.4, 0.5) is 22.0 Å². The lowest BCUT2D eigenvalue weighted by Gasteiger charge is -2.60. The number of Topliss-reactive ketones (excluding diaryl/α,β-unsaturated/α-hetero) is 1. The van der Waals surface area contributed by atoms with Gasteiger partial charge in [0.2, 0.25) is 5.92 Å². The molecule has 0 aliphatic heterocycles. The summed E-state index contributed by atoms with van der Waals surface area (Å²) >= 11 is 0. The fourth-order valence-corrected chi connectivity index (χ4v) is 7.55. The summed E-state index contributed by atoms with van der Waals surface area (Å²) in [4.78, 5) is 38.0. The van der Waals surface area contributed by atoms with Gasteiger partial charge in [0.05, 0.1) is 5.41 Å². The average molecular weight is 625 g/mol. The molecular weight excluding hydrogens is 591 g/mol. The molecule has 8 nitrogen and oxygen atoms in total. The third kappa shape index (κ3) is 6.20. The van der Waals surface area contributed by atoms with E-state index >= 15 is 8.78 Å². The molecule has 0 radical (unpaired) electrons. The Kier molecular flexibility index (Phi) is 8.33. The van der Waals surface area contributed by atoms with E-state index in [1.165, 1.54) is 30.3 Å². The molecule has 3 unspecified atom stereocenters. The van der Waals surface area contributed by atoms with Crippen LogP contribution in [-0.4, -0.2) is 55.4 Å². The number of carbonyl (C=O) groups excluding carboxylic acids is 3. The van der Waals surface area contributed by atoms with Gasteiger partial charge in [-0.2, -0.15) is 30.4 Å². The predicted octanol–water partition coefficient (Wildman–Crippen LogP) is 5.60. The second kappa shape index (κ2) is 10.8. The molecule has 4 fully saturated rings. The van der Waals surface area contributed by atoms with Crippen molar-refractivity contribution in [3.05, 3.63) is 35.9 Å². The molecule has 4 bridgehead atoms. The summed E-state index contributed by atoms with van der Waals surface area (Å²) in [6.07, 6.45) is -4.23. The highest BCUT2D eigenvalue weighted by atomic mass is 32.2. The number of carbonyl (C=O) groups is 3. The normalized spacial score (nSPS) is 28.3. The van der Waals surface area contributed by atoms with Crippen molar-refractivity contribution in [2.75, 3.05) is 6.61 Å². The Labute approximate surface area is 240 Å². The second-order valence-corrected chi connectivity index (χ2v) is 14.1. The first-order chi connectivity index (χ1) is 19.2. The Morgan fingerprint density at radius 3 is 1.95 bits per heavy atom. The number of ketones is 1. The van der Waals surface area contributed by atoms with Crippen LogP contribution in [0.1, 0.15) is 76.1 Å². The highest BCUT2D eigenvalue weighted by molar-refractivity contribution is 7.87. The zero-order chi connectivity index (χ0) is 31.4. The molecule has 0 heterocycles. The number of alkyl halides is 5. The molecule has 0 saturated heterocycles. The van der Waals surface area contributed by atoms with Gasteiger partial charge in [-0.1, -0.05) is 37.3 Å². The van der Waals surface area contributed by atoms with E-state index in [0.717, 1.165) is 0 Å². The molecule has 3 atom stereocenters. The SMILES string of the molecule is CCC(C)(C)C(=O)OC12CC3CC(CC(OC(=O)C(C(F)(F)F)C(F)(F)S(=O)(=O)OCC(=O)c4ccccc4)(C3)C1)C2. The Balaban J connectivity index is 1.56. The third-order valence-electron chi connectivity index (χ3n) is 8.69. The number of rotatable bonds is 11. The Morgan fingerprint density at radius 1 is 0.929 bits per heavy atom. The lowest BCUT2D eigenvalue weighted by molar-refractivity contribution is -0.257. The lowest BCUT2D eigenvalue weighted by atomic mass is 9.52. The molecule has 0 N–H and O–H groups in total. The van der Waals surface area contributed by atoms with E-state index in [4.69, 9.17) is 9.47 Å². The van der Waals surface area contributed by atoms with Gasteiger partial charge in [-0.05, 0) is 64.2 Å². The maximum Gasteiger partial charge on any atom is 0.409 e. The van der Waals surface area contributed by atoms with Gasteiger partial charge in [0.25, 0.3) is 0 Å². The van der Waals surface area contributed by atoms with E-state index in [0.29, 0.717) is 25.7 Å². The second-order valence-electron chi connectivity index (χ2n) is 12.4. The Morgan fingerprint density at radius 2 is 1.45 bits per heavy atom. The summed E-state index contributed by atoms with van der Waals surface area (Å²) in [6, 6.07) is 6.76. The standard InChI is InChI=1S/C28H33F5O8S/c1-4-24(2,3)23(36)41-26-13-17-10-18(14-26)12-25(11-17,16-26)40-22(35)21(27(29,30)31)28(32,33)42(37,38)39-15-20(34)19-8-6-5-7-9-19/h5-9,17-18,21H,4,10-16H2,1-3H3. The van der Waals surface area contributed by atoms with E-state index < -0.39 is 68.4 Å². The summed E-state index contributed by atoms with van der Waals surface area (Å²) in [5.74, 6) is -8.91. The minimum Gasteiger partial charge on any atom is -0.458 e. The molecule has 14 heteroatoms. The van der Waals surface area contributed by atoms with Crippen molar-refractivity contribution < 1.29 is 58.4 Å². The van der Waals surface area contributed by atoms with Gasteiger partial charge >= 0.3 is 33.5 Å². The topological polar surface area (TPSA) is 113 Å². The highest BCUT2D eigenvalue weighted by Crippen LogP contribution is 2.61. The van der Waals surface area contributed by atoms with Gasteiger partial charge in [0, 0.05) is 12.0 Å². The number of halogens is 5. The van der Waals surface area contributed by atoms with Crippen molar-refractivity contribution in [2.45, 2.75) is 88.3 Å². The van der Waals surface area contributed by atoms with E-state index in [-0.39, 0.29) is 36.7 Å². The van der Waals surface area contributed by atoms with Crippen LogP contribution in [0.3, 0.4) is 0 Å². The molecule has 4 aliphatic rings. The minimum atomic E-state index is -6.45. The molecule has 1 aromatic carbocycles. The Hall–Kier alpha value is -2.61. The smallest absolute Gasteiger partial charge is 0.409 e. The van der Waals surface area contributed by atoms with Crippen LogP contribution in [0.25, 0.3) is 0 Å². The van der Waals surface area contributed by atoms with Crippen LogP contribution in [0.15, 0.2) is 30.3 Å². The fraction of sp³-hybridized carbons (Fsp3) is 0.679. The van der Waals surface area contributed by atoms with Crippen LogP contribution in [-0.2, 0) is 33.4 Å². The van der Waals surface area contributed by atoms with Crippen molar-refractivity contribution in [3.63, 3.8) is 0 Å². The van der Waals surface area contributed by atoms with Gasteiger partial charge in [-0.25, -0.2) is 0 Å². The summed E-state index contributed by atoms with van der Waals surface area (Å²) in [5, 5.41) is -5.82. The van der Waals surface area contributed by atoms with Crippen LogP contribution >= 0.6 is 0 Å². The van der Waals surface area contributed by atoms with E-state index in [9.17, 15) is 36.0 Å². The van der Waals surface area contributed by atoms with Crippen LogP contribution < -0.4 is 0 Å². The van der Waals surface area contributed by atoms with Crippen molar-refractivity contribution in [3.8, 4) is 0 Å². The molecule has 4 aliphatic carbocycles. The maximum absolute atomic E-state index is 15.1. The molecule has 1 aromatic rings. The zero-order valence-electron chi connectivity index (χ0n) is 23.3. The first kappa shape index (κ1) is 32.3. The first-order valence-corrected chi connectivity index (χ1v) is 15.0. The van der Waals surface area contributed by atoms with Crippen molar-refractivity contribution in [1.82, 2.24) is 0 Å². The average Bonchev–Trinajstić information content (AvgIpc) is 2.85. The van der Waals surface area contributed by atoms with Gasteiger partial charge < -0.3 is 9.47 Å². The molecule has 42 heavy (non-hydrogen) atoms. The van der Waals surface area contributed by atoms with Crippen LogP contribution in [0, 0.1) is 23.2 Å². The highest BCUT2D eigenvalue weighted by Gasteiger charge is 2.70. The molecular formula is C28H33F5O8S. The number of hydrogen-bond donors (Lipinski definition) is 0. The number of ether oxygens (including phenoxy) is 2. The number of benzene rings is 1. The Bertz CT molecular complexity index is 1310. The molecule has 234 valence electrons. The van der Waals surface area contributed by atoms with E-state index in [1.807, 2.05) is 0 Å². The van der Waals surface area contributed by atoms with Crippen molar-refractivity contribution in [1.29, 1.82) is 0 Å². The quantitative estimate of drug-likeness (QED) is 0.135. The number of hydrogen-bond acceptors (Lipinski definition) is 8. The van der Waals surface area contributed by atoms with E-state index in [2.05, 4.69) is 4.18 Å². The number of esters is 2. The fourth-order valence-electron chi connectivity index (χ4n) is 6.61. The van der Waals surface area contributed by atoms with Gasteiger partial charge in [0.1, 0.15) is 17.8 Å². The van der Waals surface area contributed by atoms with Gasteiger partial charge in [-0.15, -0.1) is 0 Å². The molecule has 0 spiro atoms.